The van der Waals surface area contributed by atoms with E-state index < -0.39 is 0 Å². The van der Waals surface area contributed by atoms with E-state index in [1.54, 1.807) is 30.5 Å². The molecule has 0 aliphatic carbocycles. The Morgan fingerprint density at radius 3 is 2.58 bits per heavy atom. The van der Waals surface area contributed by atoms with Crippen LogP contribution in [0.1, 0.15) is 30.1 Å². The lowest BCUT2D eigenvalue weighted by molar-refractivity contribution is -0.130. The van der Waals surface area contributed by atoms with Gasteiger partial charge in [-0.1, -0.05) is 12.1 Å². The van der Waals surface area contributed by atoms with E-state index in [0.29, 0.717) is 17.9 Å². The van der Waals surface area contributed by atoms with Crippen LogP contribution < -0.4 is 15.0 Å². The number of hydrogen-bond acceptors (Lipinski definition) is 7. The number of nitrogens with zero attached hydrogens (tertiary/aromatic N) is 4. The lowest BCUT2D eigenvalue weighted by Crippen LogP contribution is -2.47. The van der Waals surface area contributed by atoms with Gasteiger partial charge >= 0.3 is 0 Å². The molecule has 1 fully saturated rings. The lowest BCUT2D eigenvalue weighted by Gasteiger charge is -2.36. The van der Waals surface area contributed by atoms with E-state index >= 15 is 0 Å². The maximum absolute atomic E-state index is 12.8. The van der Waals surface area contributed by atoms with Gasteiger partial charge in [0.15, 0.2) is 12.4 Å². The first kappa shape index (κ1) is 22.7. The number of fused-ring (bicyclic) bond motifs is 1. The van der Waals surface area contributed by atoms with E-state index in [-0.39, 0.29) is 24.3 Å². The molecule has 3 amide bonds. The Hall–Kier alpha value is -3.46. The first-order valence-electron chi connectivity index (χ1n) is 11.3. The van der Waals surface area contributed by atoms with Crippen LogP contribution in [0.3, 0.4) is 0 Å². The number of carbonyl (C=O) groups excluding carboxylic acids is 3. The van der Waals surface area contributed by atoms with Crippen LogP contribution in [0.4, 0.5) is 11.5 Å². The Kier molecular flexibility index (Phi) is 7.19. The summed E-state index contributed by atoms with van der Waals surface area (Å²) in [7, 11) is 0. The molecule has 9 heteroatoms. The Bertz CT molecular complexity index is 1020. The van der Waals surface area contributed by atoms with Gasteiger partial charge in [0, 0.05) is 45.8 Å². The number of unbranched alkanes of at least 4 members (excludes halogenated alkanes) is 1. The normalized spacial score (nSPS) is 16.8. The summed E-state index contributed by atoms with van der Waals surface area (Å²) in [5, 5.41) is 2.85. The molecule has 2 aliphatic rings. The summed E-state index contributed by atoms with van der Waals surface area (Å²) in [5.74, 6) is 0.570. The number of benzene rings is 1. The van der Waals surface area contributed by atoms with E-state index in [9.17, 15) is 14.4 Å². The highest BCUT2D eigenvalue weighted by Crippen LogP contribution is 2.25. The third kappa shape index (κ3) is 5.48. The molecule has 1 aromatic heterocycles. The number of pyridine rings is 1. The fraction of sp³-hybridized carbons (Fsp3) is 0.417. The predicted octanol–water partition coefficient (Wildman–Crippen LogP) is 2.00. The number of nitrogens with one attached hydrogen (secondary N) is 1. The van der Waals surface area contributed by atoms with Gasteiger partial charge < -0.3 is 15.0 Å². The van der Waals surface area contributed by atoms with Gasteiger partial charge in [0.1, 0.15) is 5.75 Å². The van der Waals surface area contributed by atoms with Crippen molar-refractivity contribution in [3.63, 3.8) is 0 Å². The van der Waals surface area contributed by atoms with Crippen LogP contribution >= 0.6 is 0 Å². The molecule has 0 spiro atoms. The second-order valence-electron chi connectivity index (χ2n) is 8.23. The molecule has 0 bridgehead atoms. The van der Waals surface area contributed by atoms with Crippen LogP contribution in [-0.2, 0) is 9.59 Å². The molecule has 1 saturated heterocycles. The molecule has 2 aromatic rings. The molecule has 2 aliphatic heterocycles. The second kappa shape index (κ2) is 10.4. The summed E-state index contributed by atoms with van der Waals surface area (Å²) >= 11 is 0. The van der Waals surface area contributed by atoms with Gasteiger partial charge in [0.25, 0.3) is 11.8 Å². The quantitative estimate of drug-likeness (QED) is 0.508. The maximum atomic E-state index is 12.8. The zero-order valence-corrected chi connectivity index (χ0v) is 18.8. The predicted molar refractivity (Wildman–Crippen MR) is 124 cm³/mol. The van der Waals surface area contributed by atoms with E-state index in [1.807, 2.05) is 12.1 Å². The van der Waals surface area contributed by atoms with Crippen LogP contribution in [0.15, 0.2) is 42.6 Å². The van der Waals surface area contributed by atoms with Crippen LogP contribution in [0.2, 0.25) is 0 Å². The Labute approximate surface area is 193 Å². The molecule has 4 rings (SSSR count). The highest BCUT2D eigenvalue weighted by atomic mass is 16.5. The molecule has 174 valence electrons. The minimum atomic E-state index is -0.296. The van der Waals surface area contributed by atoms with Crippen molar-refractivity contribution in [1.29, 1.82) is 0 Å². The van der Waals surface area contributed by atoms with Gasteiger partial charge in [0.2, 0.25) is 5.91 Å². The topological polar surface area (TPSA) is 95.1 Å². The van der Waals surface area contributed by atoms with Crippen LogP contribution in [0.25, 0.3) is 0 Å². The fourth-order valence-corrected chi connectivity index (χ4v) is 4.20. The summed E-state index contributed by atoms with van der Waals surface area (Å²) in [4.78, 5) is 47.0. The van der Waals surface area contributed by atoms with Crippen molar-refractivity contribution in [2.24, 2.45) is 0 Å². The van der Waals surface area contributed by atoms with Crippen molar-refractivity contribution in [2.75, 3.05) is 56.1 Å². The molecule has 0 atom stereocenters. The Balaban J connectivity index is 1.24. The van der Waals surface area contributed by atoms with Crippen LogP contribution in [0.5, 0.6) is 5.75 Å². The number of anilines is 2. The maximum Gasteiger partial charge on any atom is 0.267 e. The Morgan fingerprint density at radius 1 is 1.03 bits per heavy atom. The van der Waals surface area contributed by atoms with Crippen molar-refractivity contribution in [3.8, 4) is 5.75 Å². The van der Waals surface area contributed by atoms with E-state index in [2.05, 4.69) is 20.1 Å². The van der Waals surface area contributed by atoms with E-state index in [4.69, 9.17) is 4.74 Å². The van der Waals surface area contributed by atoms with Crippen molar-refractivity contribution in [2.45, 2.75) is 19.8 Å². The summed E-state index contributed by atoms with van der Waals surface area (Å²) in [6.07, 6.45) is 3.37. The van der Waals surface area contributed by atoms with Gasteiger partial charge in [-0.25, -0.2) is 4.98 Å². The SMILES string of the molecule is CC(=O)Nc1cccnc1N1CCN(CCCCN2C(=O)COc3ccccc3C2=O)CC1. The highest BCUT2D eigenvalue weighted by Gasteiger charge is 2.29. The van der Waals surface area contributed by atoms with Gasteiger partial charge in [-0.3, -0.25) is 24.2 Å². The number of carbonyl (C=O) groups is 3. The third-order valence-electron chi connectivity index (χ3n) is 5.89. The average Bonchev–Trinajstić information content (AvgIpc) is 2.94. The monoisotopic (exact) mass is 451 g/mol. The molecule has 3 heterocycles. The average molecular weight is 452 g/mol. The summed E-state index contributed by atoms with van der Waals surface area (Å²) < 4.78 is 5.49. The number of ether oxygens (including phenoxy) is 1. The van der Waals surface area contributed by atoms with Crippen LogP contribution in [-0.4, -0.2) is 78.4 Å². The van der Waals surface area contributed by atoms with Gasteiger partial charge in [-0.05, 0) is 43.7 Å². The Morgan fingerprint density at radius 2 is 1.79 bits per heavy atom. The van der Waals surface area contributed by atoms with Crippen molar-refractivity contribution in [1.82, 2.24) is 14.8 Å². The smallest absolute Gasteiger partial charge is 0.267 e. The summed E-state index contributed by atoms with van der Waals surface area (Å²) in [5.41, 5.74) is 1.17. The minimum absolute atomic E-state index is 0.112. The molecule has 0 unspecified atom stereocenters. The number of amides is 3. The van der Waals surface area contributed by atoms with Crippen molar-refractivity contribution in [3.05, 3.63) is 48.2 Å². The van der Waals surface area contributed by atoms with E-state index in [1.165, 1.54) is 11.8 Å². The molecule has 1 aromatic carbocycles. The zero-order chi connectivity index (χ0) is 23.2. The standard InChI is InChI=1S/C24H29N5O4/c1-18(30)26-20-8-6-10-25-23(20)28-15-13-27(14-16-28)11-4-5-12-29-22(31)17-33-21-9-3-2-7-19(21)24(29)32/h2-3,6-10H,4-5,11-17H2,1H3,(H,26,30). The number of piperazine rings is 1. The number of hydrogen-bond donors (Lipinski definition) is 1. The number of para-hydroxylation sites is 1. The molecule has 0 radical (unpaired) electrons. The number of imide groups is 1. The molecule has 1 N–H and O–H groups in total. The molecule has 9 nitrogen and oxygen atoms in total. The third-order valence-corrected chi connectivity index (χ3v) is 5.89. The van der Waals surface area contributed by atoms with Crippen molar-refractivity contribution >= 4 is 29.2 Å². The van der Waals surface area contributed by atoms with Crippen LogP contribution in [0, 0.1) is 0 Å². The summed E-state index contributed by atoms with van der Waals surface area (Å²) in [6.45, 7) is 6.09. The zero-order valence-electron chi connectivity index (χ0n) is 18.8. The van der Waals surface area contributed by atoms with Crippen molar-refractivity contribution < 1.29 is 19.1 Å². The second-order valence-corrected chi connectivity index (χ2v) is 8.23. The largest absolute Gasteiger partial charge is 0.483 e. The fourth-order valence-electron chi connectivity index (χ4n) is 4.20. The van der Waals surface area contributed by atoms with Gasteiger partial charge in [-0.15, -0.1) is 0 Å². The molecule has 0 saturated carbocycles. The molecular formula is C24H29N5O4. The van der Waals surface area contributed by atoms with Gasteiger partial charge in [-0.2, -0.15) is 0 Å². The lowest BCUT2D eigenvalue weighted by atomic mass is 10.1. The molecule has 33 heavy (non-hydrogen) atoms. The van der Waals surface area contributed by atoms with E-state index in [0.717, 1.165) is 57.1 Å². The first-order chi connectivity index (χ1) is 16.0. The minimum Gasteiger partial charge on any atom is -0.483 e. The highest BCUT2D eigenvalue weighted by molar-refractivity contribution is 6.07. The number of aromatic nitrogens is 1. The van der Waals surface area contributed by atoms with Gasteiger partial charge in [0.05, 0.1) is 11.3 Å². The molecular weight excluding hydrogens is 422 g/mol. The number of rotatable bonds is 7. The first-order valence-corrected chi connectivity index (χ1v) is 11.3. The summed E-state index contributed by atoms with van der Waals surface area (Å²) in [6, 6.07) is 10.7.